The predicted octanol–water partition coefficient (Wildman–Crippen LogP) is 1.61. The second kappa shape index (κ2) is 6.40. The van der Waals surface area contributed by atoms with Crippen molar-refractivity contribution in [1.82, 2.24) is 4.90 Å². The predicted molar refractivity (Wildman–Crippen MR) is 76.2 cm³/mol. The van der Waals surface area contributed by atoms with E-state index >= 15 is 0 Å². The highest BCUT2D eigenvalue weighted by Crippen LogP contribution is 2.12. The highest BCUT2D eigenvalue weighted by molar-refractivity contribution is 5.81. The molecular formula is C15H19N3O2. The summed E-state index contributed by atoms with van der Waals surface area (Å²) in [6, 6.07) is 9.12. The summed E-state index contributed by atoms with van der Waals surface area (Å²) in [5.41, 5.74) is 1.45. The molecular weight excluding hydrogens is 254 g/mol. The Morgan fingerprint density at radius 2 is 1.95 bits per heavy atom. The molecule has 1 heterocycles. The third-order valence-corrected chi connectivity index (χ3v) is 3.23. The van der Waals surface area contributed by atoms with Crippen LogP contribution in [0.25, 0.3) is 0 Å². The van der Waals surface area contributed by atoms with Gasteiger partial charge in [-0.15, -0.1) is 0 Å². The molecule has 0 radical (unpaired) electrons. The van der Waals surface area contributed by atoms with E-state index < -0.39 is 0 Å². The highest BCUT2D eigenvalue weighted by Gasteiger charge is 2.25. The minimum absolute atomic E-state index is 0.0661. The molecule has 2 unspecified atom stereocenters. The maximum absolute atomic E-state index is 12.1. The van der Waals surface area contributed by atoms with Crippen LogP contribution in [-0.4, -0.2) is 42.6 Å². The van der Waals surface area contributed by atoms with Gasteiger partial charge in [0.1, 0.15) is 0 Å². The Balaban J connectivity index is 1.86. The normalized spacial score (nSPS) is 22.1. The number of amides is 1. The first-order valence-electron chi connectivity index (χ1n) is 6.75. The minimum atomic E-state index is 0.0661. The standard InChI is InChI=1S/C15H19N3O2/c1-11-9-18(10-12(2)20-11)15(19)8-17-14-5-3-13(7-16)4-6-14/h3-6,11-12,17H,8-10H2,1-2H3. The van der Waals surface area contributed by atoms with E-state index in [2.05, 4.69) is 11.4 Å². The van der Waals surface area contributed by atoms with Crippen molar-refractivity contribution in [1.29, 1.82) is 5.26 Å². The smallest absolute Gasteiger partial charge is 0.242 e. The zero-order valence-corrected chi connectivity index (χ0v) is 11.8. The number of nitriles is 1. The molecule has 5 heteroatoms. The van der Waals surface area contributed by atoms with E-state index in [0.29, 0.717) is 18.7 Å². The number of hydrogen-bond acceptors (Lipinski definition) is 4. The van der Waals surface area contributed by atoms with Crippen molar-refractivity contribution in [2.45, 2.75) is 26.1 Å². The van der Waals surface area contributed by atoms with Crippen LogP contribution < -0.4 is 5.32 Å². The molecule has 0 saturated carbocycles. The van der Waals surface area contributed by atoms with Crippen LogP contribution in [0.5, 0.6) is 0 Å². The molecule has 1 aromatic carbocycles. The number of nitrogens with zero attached hydrogens (tertiary/aromatic N) is 2. The number of carbonyl (C=O) groups excluding carboxylic acids is 1. The van der Waals surface area contributed by atoms with Crippen molar-refractivity contribution in [3.8, 4) is 6.07 Å². The van der Waals surface area contributed by atoms with Crippen LogP contribution in [0.4, 0.5) is 5.69 Å². The summed E-state index contributed by atoms with van der Waals surface area (Å²) in [6.45, 7) is 5.48. The molecule has 106 valence electrons. The number of morpholine rings is 1. The number of ether oxygens (including phenoxy) is 1. The molecule has 0 aliphatic carbocycles. The van der Waals surface area contributed by atoms with Gasteiger partial charge in [0.25, 0.3) is 0 Å². The Morgan fingerprint density at radius 3 is 2.50 bits per heavy atom. The zero-order valence-electron chi connectivity index (χ0n) is 11.8. The van der Waals surface area contributed by atoms with Crippen molar-refractivity contribution in [2.75, 3.05) is 25.0 Å². The van der Waals surface area contributed by atoms with Gasteiger partial charge in [0.2, 0.25) is 5.91 Å². The first kappa shape index (κ1) is 14.4. The molecule has 1 N–H and O–H groups in total. The lowest BCUT2D eigenvalue weighted by Gasteiger charge is -2.35. The second-order valence-corrected chi connectivity index (χ2v) is 5.10. The second-order valence-electron chi connectivity index (χ2n) is 5.10. The number of rotatable bonds is 3. The van der Waals surface area contributed by atoms with E-state index in [1.165, 1.54) is 0 Å². The summed E-state index contributed by atoms with van der Waals surface area (Å²) in [6.07, 6.45) is 0.162. The maximum atomic E-state index is 12.1. The van der Waals surface area contributed by atoms with E-state index in [9.17, 15) is 4.79 Å². The largest absolute Gasteiger partial charge is 0.376 e. The third kappa shape index (κ3) is 3.72. The molecule has 20 heavy (non-hydrogen) atoms. The number of anilines is 1. The van der Waals surface area contributed by atoms with Gasteiger partial charge < -0.3 is 15.0 Å². The Morgan fingerprint density at radius 1 is 1.35 bits per heavy atom. The van der Waals surface area contributed by atoms with Crippen LogP contribution in [0.15, 0.2) is 24.3 Å². The zero-order chi connectivity index (χ0) is 14.5. The van der Waals surface area contributed by atoms with Gasteiger partial charge in [0.05, 0.1) is 30.4 Å². The highest BCUT2D eigenvalue weighted by atomic mass is 16.5. The fourth-order valence-corrected chi connectivity index (χ4v) is 2.33. The first-order chi connectivity index (χ1) is 9.58. The number of hydrogen-bond donors (Lipinski definition) is 1. The molecule has 1 saturated heterocycles. The molecule has 2 rings (SSSR count). The molecule has 0 bridgehead atoms. The van der Waals surface area contributed by atoms with E-state index in [1.54, 1.807) is 24.3 Å². The molecule has 2 atom stereocenters. The quantitative estimate of drug-likeness (QED) is 0.908. The van der Waals surface area contributed by atoms with Gasteiger partial charge in [-0.3, -0.25) is 4.79 Å². The molecule has 1 fully saturated rings. The Bertz CT molecular complexity index is 497. The van der Waals surface area contributed by atoms with Gasteiger partial charge in [-0.05, 0) is 38.1 Å². The van der Waals surface area contributed by atoms with Gasteiger partial charge in [0, 0.05) is 18.8 Å². The van der Waals surface area contributed by atoms with Crippen LogP contribution in [-0.2, 0) is 9.53 Å². The van der Waals surface area contributed by atoms with E-state index in [4.69, 9.17) is 10.00 Å². The van der Waals surface area contributed by atoms with Crippen molar-refractivity contribution < 1.29 is 9.53 Å². The average molecular weight is 273 g/mol. The number of nitrogens with one attached hydrogen (secondary N) is 1. The van der Waals surface area contributed by atoms with Gasteiger partial charge in [-0.2, -0.15) is 5.26 Å². The number of carbonyl (C=O) groups is 1. The van der Waals surface area contributed by atoms with Crippen LogP contribution >= 0.6 is 0 Å². The molecule has 0 spiro atoms. The molecule has 0 aromatic heterocycles. The molecule has 1 aliphatic rings. The van der Waals surface area contributed by atoms with E-state index in [0.717, 1.165) is 5.69 Å². The van der Waals surface area contributed by atoms with Crippen LogP contribution in [0.1, 0.15) is 19.4 Å². The van der Waals surface area contributed by atoms with Crippen LogP contribution in [0.2, 0.25) is 0 Å². The summed E-state index contributed by atoms with van der Waals surface area (Å²) in [4.78, 5) is 14.0. The SMILES string of the molecule is CC1CN(C(=O)CNc2ccc(C#N)cc2)CC(C)O1. The first-order valence-corrected chi connectivity index (χ1v) is 6.75. The van der Waals surface area contributed by atoms with E-state index in [-0.39, 0.29) is 24.7 Å². The summed E-state index contributed by atoms with van der Waals surface area (Å²) >= 11 is 0. The minimum Gasteiger partial charge on any atom is -0.376 e. The van der Waals surface area contributed by atoms with Crippen molar-refractivity contribution in [3.05, 3.63) is 29.8 Å². The Hall–Kier alpha value is -2.06. The lowest BCUT2D eigenvalue weighted by atomic mass is 10.2. The third-order valence-electron chi connectivity index (χ3n) is 3.23. The lowest BCUT2D eigenvalue weighted by Crippen LogP contribution is -2.49. The van der Waals surface area contributed by atoms with Crippen LogP contribution in [0, 0.1) is 11.3 Å². The average Bonchev–Trinajstić information content (AvgIpc) is 2.44. The van der Waals surface area contributed by atoms with Gasteiger partial charge >= 0.3 is 0 Å². The fourth-order valence-electron chi connectivity index (χ4n) is 2.33. The monoisotopic (exact) mass is 273 g/mol. The summed E-state index contributed by atoms with van der Waals surface area (Å²) in [7, 11) is 0. The molecule has 1 aliphatic heterocycles. The summed E-state index contributed by atoms with van der Waals surface area (Å²) in [5, 5.41) is 11.8. The van der Waals surface area contributed by atoms with Crippen molar-refractivity contribution in [3.63, 3.8) is 0 Å². The van der Waals surface area contributed by atoms with Crippen LogP contribution in [0.3, 0.4) is 0 Å². The Kier molecular flexibility index (Phi) is 4.59. The summed E-state index contributed by atoms with van der Waals surface area (Å²) in [5.74, 6) is 0.0661. The summed E-state index contributed by atoms with van der Waals surface area (Å²) < 4.78 is 5.61. The van der Waals surface area contributed by atoms with Gasteiger partial charge in [-0.25, -0.2) is 0 Å². The van der Waals surface area contributed by atoms with Crippen molar-refractivity contribution >= 4 is 11.6 Å². The van der Waals surface area contributed by atoms with E-state index in [1.807, 2.05) is 18.7 Å². The van der Waals surface area contributed by atoms with Gasteiger partial charge in [-0.1, -0.05) is 0 Å². The molecule has 1 amide bonds. The maximum Gasteiger partial charge on any atom is 0.242 e. The lowest BCUT2D eigenvalue weighted by molar-refractivity contribution is -0.141. The van der Waals surface area contributed by atoms with Crippen molar-refractivity contribution in [2.24, 2.45) is 0 Å². The van der Waals surface area contributed by atoms with Gasteiger partial charge in [0.15, 0.2) is 0 Å². The number of benzene rings is 1. The fraction of sp³-hybridized carbons (Fsp3) is 0.467. The topological polar surface area (TPSA) is 65.4 Å². The Labute approximate surface area is 119 Å². The molecule has 5 nitrogen and oxygen atoms in total. The molecule has 1 aromatic rings.